The zero-order valence-electron chi connectivity index (χ0n) is 20.6. The van der Waals surface area contributed by atoms with Crippen LogP contribution in [0, 0.1) is 6.92 Å². The maximum absolute atomic E-state index is 13.4. The predicted octanol–water partition coefficient (Wildman–Crippen LogP) is 4.59. The molecule has 2 aliphatic heterocycles. The van der Waals surface area contributed by atoms with Crippen molar-refractivity contribution in [3.05, 3.63) is 71.8 Å². The molecule has 1 fully saturated rings. The number of amidine groups is 1. The fraction of sp³-hybridized carbons (Fsp3) is 0.296. The molecule has 5 rings (SSSR count). The van der Waals surface area contributed by atoms with E-state index in [1.807, 2.05) is 43.3 Å². The number of hydrogen-bond acceptors (Lipinski definition) is 7. The van der Waals surface area contributed by atoms with Crippen LogP contribution in [-0.2, 0) is 10.0 Å². The lowest BCUT2D eigenvalue weighted by molar-refractivity contribution is 0.403. The van der Waals surface area contributed by atoms with E-state index in [0.717, 1.165) is 22.6 Å². The van der Waals surface area contributed by atoms with Crippen molar-refractivity contribution < 1.29 is 22.6 Å². The molecule has 0 radical (unpaired) electrons. The van der Waals surface area contributed by atoms with E-state index in [2.05, 4.69) is 4.90 Å². The monoisotopic (exact) mass is 507 g/mol. The Morgan fingerprint density at radius 2 is 1.67 bits per heavy atom. The van der Waals surface area contributed by atoms with E-state index < -0.39 is 10.0 Å². The van der Waals surface area contributed by atoms with Crippen molar-refractivity contribution in [3.63, 3.8) is 0 Å². The number of nitrogens with zero attached hydrogens (tertiary/aromatic N) is 3. The molecule has 2 heterocycles. The highest BCUT2D eigenvalue weighted by Crippen LogP contribution is 2.40. The van der Waals surface area contributed by atoms with Crippen LogP contribution in [0.25, 0.3) is 0 Å². The fourth-order valence-corrected chi connectivity index (χ4v) is 5.99. The van der Waals surface area contributed by atoms with E-state index in [1.165, 1.54) is 7.11 Å². The summed E-state index contributed by atoms with van der Waals surface area (Å²) in [7, 11) is -0.507. The Kier molecular flexibility index (Phi) is 6.59. The van der Waals surface area contributed by atoms with Crippen LogP contribution in [0.1, 0.15) is 17.5 Å². The largest absolute Gasteiger partial charge is 0.497 e. The summed E-state index contributed by atoms with van der Waals surface area (Å²) in [5.74, 6) is 3.30. The number of fused-ring (bicyclic) bond motifs is 2. The van der Waals surface area contributed by atoms with E-state index >= 15 is 0 Å². The van der Waals surface area contributed by atoms with Gasteiger partial charge >= 0.3 is 0 Å². The maximum atomic E-state index is 13.4. The second kappa shape index (κ2) is 9.83. The van der Waals surface area contributed by atoms with E-state index in [9.17, 15) is 8.42 Å². The van der Waals surface area contributed by atoms with Gasteiger partial charge < -0.3 is 19.1 Å². The molecular formula is C27H29N3O5S. The minimum absolute atomic E-state index is 0.234. The highest BCUT2D eigenvalue weighted by molar-refractivity contribution is 7.89. The van der Waals surface area contributed by atoms with Gasteiger partial charge in [-0.2, -0.15) is 4.31 Å². The zero-order chi connectivity index (χ0) is 25.3. The molecule has 0 N–H and O–H groups in total. The summed E-state index contributed by atoms with van der Waals surface area (Å²) in [5, 5.41) is 0. The molecule has 2 aliphatic rings. The number of methoxy groups -OCH3 is 2. The van der Waals surface area contributed by atoms with Crippen molar-refractivity contribution in [3.8, 4) is 23.0 Å². The Hall–Kier alpha value is -3.56. The number of aliphatic imine (C=N–C) groups is 1. The third-order valence-corrected chi connectivity index (χ3v) is 8.32. The van der Waals surface area contributed by atoms with Crippen LogP contribution in [0.2, 0.25) is 0 Å². The predicted molar refractivity (Wildman–Crippen MR) is 138 cm³/mol. The van der Waals surface area contributed by atoms with Crippen molar-refractivity contribution in [2.45, 2.75) is 18.2 Å². The minimum Gasteiger partial charge on any atom is -0.497 e. The Labute approximate surface area is 211 Å². The van der Waals surface area contributed by atoms with Crippen LogP contribution in [0.4, 0.5) is 5.69 Å². The lowest BCUT2D eigenvalue weighted by atomic mass is 10.1. The smallest absolute Gasteiger partial charge is 0.243 e. The van der Waals surface area contributed by atoms with Gasteiger partial charge in [-0.25, -0.2) is 13.4 Å². The second-order valence-corrected chi connectivity index (χ2v) is 10.7. The normalized spacial score (nSPS) is 16.1. The van der Waals surface area contributed by atoms with Gasteiger partial charge in [-0.1, -0.05) is 12.1 Å². The Morgan fingerprint density at radius 3 is 2.47 bits per heavy atom. The van der Waals surface area contributed by atoms with Crippen LogP contribution in [0.3, 0.4) is 0 Å². The fourth-order valence-electron chi connectivity index (χ4n) is 4.48. The van der Waals surface area contributed by atoms with Gasteiger partial charge in [-0.15, -0.1) is 0 Å². The van der Waals surface area contributed by atoms with Gasteiger partial charge in [0.1, 0.15) is 28.8 Å². The van der Waals surface area contributed by atoms with Crippen molar-refractivity contribution in [2.75, 3.05) is 40.4 Å². The van der Waals surface area contributed by atoms with Crippen molar-refractivity contribution in [2.24, 2.45) is 4.99 Å². The first-order valence-electron chi connectivity index (χ1n) is 11.8. The number of aryl methyl sites for hydroxylation is 1. The second-order valence-electron chi connectivity index (χ2n) is 8.79. The molecule has 3 aromatic rings. The Bertz CT molecular complexity index is 1420. The lowest BCUT2D eigenvalue weighted by Gasteiger charge is -2.25. The summed E-state index contributed by atoms with van der Waals surface area (Å²) in [6.45, 7) is 3.93. The zero-order valence-corrected chi connectivity index (χ0v) is 21.4. The standard InChI is InChI=1S/C27H29N3O5S/c1-19-8-11-24-26(16-19)35-25-18-21(34-3)9-10-23(25)27(28-24)29-12-5-13-30(15-14-29)36(31,32)22-7-4-6-20(17-22)33-2/h4,6-11,16-18H,5,12-15H2,1-3H3. The van der Waals surface area contributed by atoms with E-state index in [1.54, 1.807) is 35.7 Å². The Morgan fingerprint density at radius 1 is 0.861 bits per heavy atom. The Balaban J connectivity index is 1.47. The minimum atomic E-state index is -3.66. The van der Waals surface area contributed by atoms with Gasteiger partial charge in [-0.05, 0) is 55.3 Å². The molecule has 8 nitrogen and oxygen atoms in total. The summed E-state index contributed by atoms with van der Waals surface area (Å²) < 4.78 is 45.3. The molecule has 0 atom stereocenters. The highest BCUT2D eigenvalue weighted by atomic mass is 32.2. The quantitative estimate of drug-likeness (QED) is 0.514. The molecule has 9 heteroatoms. The van der Waals surface area contributed by atoms with E-state index in [0.29, 0.717) is 55.6 Å². The van der Waals surface area contributed by atoms with Crippen molar-refractivity contribution >= 4 is 21.5 Å². The number of rotatable bonds is 4. The molecule has 36 heavy (non-hydrogen) atoms. The molecule has 0 aliphatic carbocycles. The van der Waals surface area contributed by atoms with E-state index in [-0.39, 0.29) is 4.90 Å². The van der Waals surface area contributed by atoms with Crippen molar-refractivity contribution in [1.29, 1.82) is 0 Å². The summed E-state index contributed by atoms with van der Waals surface area (Å²) >= 11 is 0. The molecule has 0 saturated carbocycles. The molecule has 0 bridgehead atoms. The number of benzene rings is 3. The summed E-state index contributed by atoms with van der Waals surface area (Å²) in [5.41, 5.74) is 2.65. The van der Waals surface area contributed by atoms with Gasteiger partial charge in [0, 0.05) is 38.3 Å². The van der Waals surface area contributed by atoms with Crippen molar-refractivity contribution in [1.82, 2.24) is 9.21 Å². The van der Waals surface area contributed by atoms with Gasteiger partial charge in [0.2, 0.25) is 10.0 Å². The average Bonchev–Trinajstić information content (AvgIpc) is 3.23. The van der Waals surface area contributed by atoms with Crippen LogP contribution < -0.4 is 14.2 Å². The topological polar surface area (TPSA) is 80.7 Å². The first-order chi connectivity index (χ1) is 17.4. The molecule has 0 spiro atoms. The van der Waals surface area contributed by atoms with Crippen LogP contribution in [0.15, 0.2) is 70.6 Å². The average molecular weight is 508 g/mol. The molecular weight excluding hydrogens is 478 g/mol. The number of hydrogen-bond donors (Lipinski definition) is 0. The van der Waals surface area contributed by atoms with Crippen LogP contribution >= 0.6 is 0 Å². The third kappa shape index (κ3) is 4.64. The van der Waals surface area contributed by atoms with Crippen LogP contribution in [-0.4, -0.2) is 63.9 Å². The first-order valence-corrected chi connectivity index (χ1v) is 13.3. The molecule has 0 amide bonds. The third-order valence-electron chi connectivity index (χ3n) is 6.42. The molecule has 188 valence electrons. The van der Waals surface area contributed by atoms with E-state index in [4.69, 9.17) is 19.2 Å². The van der Waals surface area contributed by atoms with Gasteiger partial charge in [-0.3, -0.25) is 0 Å². The number of sulfonamides is 1. The summed E-state index contributed by atoms with van der Waals surface area (Å²) in [4.78, 5) is 7.38. The van der Waals surface area contributed by atoms with Crippen LogP contribution in [0.5, 0.6) is 23.0 Å². The lowest BCUT2D eigenvalue weighted by Crippen LogP contribution is -2.37. The SMILES string of the molecule is COc1cccc(S(=O)(=O)N2CCCN(C3=Nc4ccc(C)cc4Oc4cc(OC)ccc43)CC2)c1. The summed E-state index contributed by atoms with van der Waals surface area (Å²) in [6, 6.07) is 18.2. The highest BCUT2D eigenvalue weighted by Gasteiger charge is 2.30. The molecule has 0 aromatic heterocycles. The van der Waals surface area contributed by atoms with Gasteiger partial charge in [0.15, 0.2) is 5.75 Å². The van der Waals surface area contributed by atoms with Gasteiger partial charge in [0.25, 0.3) is 0 Å². The molecule has 0 unspecified atom stereocenters. The van der Waals surface area contributed by atoms with Gasteiger partial charge in [0.05, 0.1) is 24.7 Å². The summed E-state index contributed by atoms with van der Waals surface area (Å²) in [6.07, 6.45) is 0.662. The molecule has 3 aromatic carbocycles. The number of ether oxygens (including phenoxy) is 3. The molecule has 1 saturated heterocycles. The maximum Gasteiger partial charge on any atom is 0.243 e. The first kappa shape index (κ1) is 24.1.